The molecule has 21 heavy (non-hydrogen) atoms. The monoisotopic (exact) mass is 282 g/mol. The van der Waals surface area contributed by atoms with Gasteiger partial charge in [0.25, 0.3) is 5.91 Å². The van der Waals surface area contributed by atoms with Gasteiger partial charge in [-0.25, -0.2) is 4.39 Å². The van der Waals surface area contributed by atoms with E-state index in [1.54, 1.807) is 7.05 Å². The summed E-state index contributed by atoms with van der Waals surface area (Å²) >= 11 is 0. The summed E-state index contributed by atoms with van der Waals surface area (Å²) in [6, 6.07) is 13.2. The van der Waals surface area contributed by atoms with E-state index < -0.39 is 5.82 Å². The quantitative estimate of drug-likeness (QED) is 0.860. The van der Waals surface area contributed by atoms with E-state index in [0.29, 0.717) is 11.1 Å². The molecule has 0 saturated carbocycles. The molecular weight excluding hydrogens is 267 g/mol. The van der Waals surface area contributed by atoms with Gasteiger partial charge >= 0.3 is 0 Å². The van der Waals surface area contributed by atoms with E-state index in [4.69, 9.17) is 5.73 Å². The number of halogens is 1. The number of benzene rings is 2. The van der Waals surface area contributed by atoms with Crippen LogP contribution in [0.2, 0.25) is 0 Å². The van der Waals surface area contributed by atoms with Crippen LogP contribution in [0.4, 0.5) is 10.1 Å². The Hall–Kier alpha value is -2.64. The van der Waals surface area contributed by atoms with Crippen molar-refractivity contribution >= 4 is 11.6 Å². The van der Waals surface area contributed by atoms with Crippen LogP contribution in [0.25, 0.3) is 0 Å². The summed E-state index contributed by atoms with van der Waals surface area (Å²) in [5, 5.41) is 0. The number of nitrogens with zero attached hydrogens (tertiary/aromatic N) is 1. The summed E-state index contributed by atoms with van der Waals surface area (Å²) < 4.78 is 13.3. The maximum absolute atomic E-state index is 13.3. The molecule has 106 valence electrons. The van der Waals surface area contributed by atoms with Crippen LogP contribution >= 0.6 is 0 Å². The second-order valence-electron chi connectivity index (χ2n) is 4.40. The van der Waals surface area contributed by atoms with Crippen molar-refractivity contribution in [2.45, 2.75) is 0 Å². The number of amides is 1. The van der Waals surface area contributed by atoms with E-state index in [0.717, 1.165) is 5.69 Å². The molecule has 0 saturated heterocycles. The zero-order chi connectivity index (χ0) is 15.2. The van der Waals surface area contributed by atoms with Gasteiger partial charge in [0.1, 0.15) is 5.82 Å². The first-order valence-corrected chi connectivity index (χ1v) is 6.45. The number of hydrogen-bond acceptors (Lipinski definition) is 2. The van der Waals surface area contributed by atoms with E-state index >= 15 is 0 Å². The molecule has 0 aromatic heterocycles. The zero-order valence-corrected chi connectivity index (χ0v) is 11.6. The Morgan fingerprint density at radius 2 is 1.95 bits per heavy atom. The third-order valence-corrected chi connectivity index (χ3v) is 2.99. The maximum atomic E-state index is 13.3. The summed E-state index contributed by atoms with van der Waals surface area (Å²) in [6.45, 7) is 0.151. The molecule has 0 fully saturated rings. The lowest BCUT2D eigenvalue weighted by molar-refractivity contribution is 0.0993. The van der Waals surface area contributed by atoms with E-state index in [1.807, 2.05) is 30.3 Å². The van der Waals surface area contributed by atoms with Crippen LogP contribution < -0.4 is 10.6 Å². The second-order valence-corrected chi connectivity index (χ2v) is 4.40. The predicted octanol–water partition coefficient (Wildman–Crippen LogP) is 2.41. The lowest BCUT2D eigenvalue weighted by atomic mass is 10.1. The molecule has 2 aromatic rings. The lowest BCUT2D eigenvalue weighted by Crippen LogP contribution is -2.27. The number of anilines is 1. The number of carbonyl (C=O) groups is 1. The minimum Gasteiger partial charge on any atom is -0.320 e. The fourth-order valence-corrected chi connectivity index (χ4v) is 1.90. The molecule has 0 aliphatic heterocycles. The maximum Gasteiger partial charge on any atom is 0.259 e. The van der Waals surface area contributed by atoms with Crippen molar-refractivity contribution in [3.05, 3.63) is 65.5 Å². The predicted molar refractivity (Wildman–Crippen MR) is 81.5 cm³/mol. The van der Waals surface area contributed by atoms with E-state index in [-0.39, 0.29) is 12.5 Å². The summed E-state index contributed by atoms with van der Waals surface area (Å²) in [5.74, 6) is 4.70. The summed E-state index contributed by atoms with van der Waals surface area (Å²) in [6.07, 6.45) is 0. The zero-order valence-electron chi connectivity index (χ0n) is 11.6. The van der Waals surface area contributed by atoms with Crippen LogP contribution in [0.1, 0.15) is 15.9 Å². The average molecular weight is 282 g/mol. The highest BCUT2D eigenvalue weighted by Crippen LogP contribution is 2.18. The Labute approximate surface area is 123 Å². The Balaban J connectivity index is 2.39. The Bertz CT molecular complexity index is 702. The van der Waals surface area contributed by atoms with Gasteiger partial charge in [-0.2, -0.15) is 0 Å². The van der Waals surface area contributed by atoms with Crippen LogP contribution in [0, 0.1) is 17.7 Å². The van der Waals surface area contributed by atoms with Crippen LogP contribution in [0.3, 0.4) is 0 Å². The smallest absolute Gasteiger partial charge is 0.259 e. The Morgan fingerprint density at radius 3 is 2.62 bits per heavy atom. The SMILES string of the molecule is CN(C(=O)c1ccc(F)cc1C#CCN)c1ccccc1. The molecule has 4 heteroatoms. The van der Waals surface area contributed by atoms with Crippen LogP contribution in [0.15, 0.2) is 48.5 Å². The van der Waals surface area contributed by atoms with Crippen molar-refractivity contribution in [3.8, 4) is 11.8 Å². The number of carbonyl (C=O) groups excluding carboxylic acids is 1. The standard InChI is InChI=1S/C17H15FN2O/c1-20(15-7-3-2-4-8-15)17(21)16-10-9-14(18)12-13(16)6-5-11-19/h2-4,7-10,12H,11,19H2,1H3. The molecule has 0 spiro atoms. The summed E-state index contributed by atoms with van der Waals surface area (Å²) in [4.78, 5) is 14.0. The van der Waals surface area contributed by atoms with Gasteiger partial charge in [-0.3, -0.25) is 4.79 Å². The molecule has 0 heterocycles. The van der Waals surface area contributed by atoms with Crippen molar-refractivity contribution < 1.29 is 9.18 Å². The number of hydrogen-bond donors (Lipinski definition) is 1. The van der Waals surface area contributed by atoms with Crippen molar-refractivity contribution in [1.82, 2.24) is 0 Å². The fourth-order valence-electron chi connectivity index (χ4n) is 1.90. The molecule has 0 aliphatic carbocycles. The van der Waals surface area contributed by atoms with Gasteiger partial charge in [0.2, 0.25) is 0 Å². The van der Waals surface area contributed by atoms with E-state index in [2.05, 4.69) is 11.8 Å². The van der Waals surface area contributed by atoms with Crippen LogP contribution in [-0.4, -0.2) is 19.5 Å². The Morgan fingerprint density at radius 1 is 1.24 bits per heavy atom. The van der Waals surface area contributed by atoms with Gasteiger partial charge in [-0.05, 0) is 30.3 Å². The molecule has 0 aliphatic rings. The van der Waals surface area contributed by atoms with E-state index in [9.17, 15) is 9.18 Å². The van der Waals surface area contributed by atoms with Crippen LogP contribution in [-0.2, 0) is 0 Å². The molecule has 0 bridgehead atoms. The topological polar surface area (TPSA) is 46.3 Å². The summed E-state index contributed by atoms with van der Waals surface area (Å²) in [7, 11) is 1.67. The molecule has 3 nitrogen and oxygen atoms in total. The number of para-hydroxylation sites is 1. The number of nitrogens with two attached hydrogens (primary N) is 1. The Kier molecular flexibility index (Phi) is 4.70. The van der Waals surface area contributed by atoms with Gasteiger partial charge in [0.15, 0.2) is 0 Å². The highest BCUT2D eigenvalue weighted by Gasteiger charge is 2.16. The molecule has 2 aromatic carbocycles. The molecule has 0 atom stereocenters. The molecule has 2 N–H and O–H groups in total. The molecular formula is C17H15FN2O. The molecule has 2 rings (SSSR count). The average Bonchev–Trinajstić information content (AvgIpc) is 2.52. The van der Waals surface area contributed by atoms with Crippen molar-refractivity contribution in [2.75, 3.05) is 18.5 Å². The molecule has 0 radical (unpaired) electrons. The second kappa shape index (κ2) is 6.69. The van der Waals surface area contributed by atoms with Gasteiger partial charge in [0, 0.05) is 18.3 Å². The minimum absolute atomic E-state index is 0.151. The van der Waals surface area contributed by atoms with Crippen LogP contribution in [0.5, 0.6) is 0 Å². The lowest BCUT2D eigenvalue weighted by Gasteiger charge is -2.18. The first-order valence-electron chi connectivity index (χ1n) is 6.45. The van der Waals surface area contributed by atoms with Crippen molar-refractivity contribution in [1.29, 1.82) is 0 Å². The molecule has 1 amide bonds. The normalized spacial score (nSPS) is 9.67. The first kappa shape index (κ1) is 14.8. The van der Waals surface area contributed by atoms with Gasteiger partial charge in [0.05, 0.1) is 12.1 Å². The van der Waals surface area contributed by atoms with Crippen molar-refractivity contribution in [2.24, 2.45) is 5.73 Å². The highest BCUT2D eigenvalue weighted by molar-refractivity contribution is 6.07. The van der Waals surface area contributed by atoms with Gasteiger partial charge < -0.3 is 10.6 Å². The number of rotatable bonds is 2. The highest BCUT2D eigenvalue weighted by atomic mass is 19.1. The largest absolute Gasteiger partial charge is 0.320 e. The third kappa shape index (κ3) is 3.47. The van der Waals surface area contributed by atoms with Gasteiger partial charge in [-0.1, -0.05) is 30.0 Å². The van der Waals surface area contributed by atoms with Gasteiger partial charge in [-0.15, -0.1) is 0 Å². The fraction of sp³-hybridized carbons (Fsp3) is 0.118. The summed E-state index contributed by atoms with van der Waals surface area (Å²) in [5.41, 5.74) is 6.77. The van der Waals surface area contributed by atoms with E-state index in [1.165, 1.54) is 23.1 Å². The first-order chi connectivity index (χ1) is 10.1. The third-order valence-electron chi connectivity index (χ3n) is 2.99. The molecule has 0 unspecified atom stereocenters. The van der Waals surface area contributed by atoms with Crippen molar-refractivity contribution in [3.63, 3.8) is 0 Å². The minimum atomic E-state index is -0.435.